The van der Waals surface area contributed by atoms with Crippen molar-refractivity contribution in [3.05, 3.63) is 89.5 Å². The van der Waals surface area contributed by atoms with Crippen molar-refractivity contribution >= 4 is 12.1 Å². The van der Waals surface area contributed by atoms with Crippen LogP contribution in [0.4, 0.5) is 0 Å². The highest BCUT2D eigenvalue weighted by molar-refractivity contribution is 5.92. The van der Waals surface area contributed by atoms with Gasteiger partial charge in [-0.15, -0.1) is 0 Å². The molecule has 1 N–H and O–H groups in total. The molecule has 0 unspecified atom stereocenters. The second-order valence-electron chi connectivity index (χ2n) is 5.63. The smallest absolute Gasteiger partial charge is 0.291 e. The van der Waals surface area contributed by atoms with Crippen LogP contribution in [-0.4, -0.2) is 22.1 Å². The van der Waals surface area contributed by atoms with Crippen LogP contribution in [0.2, 0.25) is 0 Å². The van der Waals surface area contributed by atoms with Gasteiger partial charge < -0.3 is 4.74 Å². The summed E-state index contributed by atoms with van der Waals surface area (Å²) in [5.41, 5.74) is 5.81. The van der Waals surface area contributed by atoms with Gasteiger partial charge in [-0.25, -0.2) is 10.4 Å². The highest BCUT2D eigenvalue weighted by Crippen LogP contribution is 2.14. The number of hydrazone groups is 1. The number of aryl methyl sites for hydroxylation is 1. The lowest BCUT2D eigenvalue weighted by atomic mass is 10.2. The molecule has 3 aromatic rings. The molecule has 6 heteroatoms. The zero-order valence-corrected chi connectivity index (χ0v) is 14.3. The number of benzene rings is 2. The van der Waals surface area contributed by atoms with Crippen molar-refractivity contribution in [2.75, 3.05) is 0 Å². The summed E-state index contributed by atoms with van der Waals surface area (Å²) in [7, 11) is 0. The SMILES string of the molecule is Cc1ccc(COc2ccc(/C=N/NC(=O)c3cnccn3)cc2)cc1. The van der Waals surface area contributed by atoms with E-state index in [1.807, 2.05) is 24.3 Å². The summed E-state index contributed by atoms with van der Waals surface area (Å²) in [6.45, 7) is 2.57. The predicted octanol–water partition coefficient (Wildman–Crippen LogP) is 3.13. The van der Waals surface area contributed by atoms with Gasteiger partial charge in [0.05, 0.1) is 12.4 Å². The Hall–Kier alpha value is -3.54. The molecule has 0 saturated heterocycles. The molecular formula is C20H18N4O2. The molecule has 0 aliphatic carbocycles. The van der Waals surface area contributed by atoms with Crippen molar-refractivity contribution in [3.8, 4) is 5.75 Å². The van der Waals surface area contributed by atoms with Crippen molar-refractivity contribution in [3.63, 3.8) is 0 Å². The summed E-state index contributed by atoms with van der Waals surface area (Å²) >= 11 is 0. The predicted molar refractivity (Wildman–Crippen MR) is 99.0 cm³/mol. The molecule has 6 nitrogen and oxygen atoms in total. The van der Waals surface area contributed by atoms with Crippen LogP contribution >= 0.6 is 0 Å². The molecule has 0 aliphatic heterocycles. The molecule has 1 aromatic heterocycles. The van der Waals surface area contributed by atoms with E-state index in [1.165, 1.54) is 24.2 Å². The first-order chi connectivity index (χ1) is 12.7. The molecule has 0 atom stereocenters. The average molecular weight is 346 g/mol. The molecule has 26 heavy (non-hydrogen) atoms. The minimum Gasteiger partial charge on any atom is -0.489 e. The van der Waals surface area contributed by atoms with Crippen LogP contribution in [-0.2, 0) is 6.61 Å². The Bertz CT molecular complexity index is 876. The van der Waals surface area contributed by atoms with E-state index in [9.17, 15) is 4.79 Å². The standard InChI is InChI=1S/C20H18N4O2/c1-15-2-4-17(5-3-15)14-26-18-8-6-16(7-9-18)12-23-24-20(25)19-13-21-10-11-22-19/h2-13H,14H2,1H3,(H,24,25)/b23-12+. The van der Waals surface area contributed by atoms with Gasteiger partial charge in [0.2, 0.25) is 0 Å². The van der Waals surface area contributed by atoms with Crippen LogP contribution < -0.4 is 10.2 Å². The minimum absolute atomic E-state index is 0.213. The van der Waals surface area contributed by atoms with E-state index in [2.05, 4.69) is 51.7 Å². The summed E-state index contributed by atoms with van der Waals surface area (Å²) in [5.74, 6) is 0.360. The summed E-state index contributed by atoms with van der Waals surface area (Å²) in [5, 5.41) is 3.92. The fraction of sp³-hybridized carbons (Fsp3) is 0.100. The average Bonchev–Trinajstić information content (AvgIpc) is 2.69. The normalized spacial score (nSPS) is 10.7. The lowest BCUT2D eigenvalue weighted by molar-refractivity contribution is 0.0949. The van der Waals surface area contributed by atoms with Gasteiger partial charge in [0.25, 0.3) is 5.91 Å². The van der Waals surface area contributed by atoms with Crippen molar-refractivity contribution in [1.82, 2.24) is 15.4 Å². The van der Waals surface area contributed by atoms with Crippen LogP contribution in [0.3, 0.4) is 0 Å². The van der Waals surface area contributed by atoms with Crippen molar-refractivity contribution < 1.29 is 9.53 Å². The molecule has 130 valence electrons. The Morgan fingerprint density at radius 3 is 2.58 bits per heavy atom. The third kappa shape index (κ3) is 4.98. The second kappa shape index (κ2) is 8.53. The number of nitrogens with one attached hydrogen (secondary N) is 1. The number of hydrogen-bond acceptors (Lipinski definition) is 5. The van der Waals surface area contributed by atoms with Gasteiger partial charge in [0, 0.05) is 12.4 Å². The number of nitrogens with zero attached hydrogens (tertiary/aromatic N) is 3. The molecule has 1 amide bonds. The van der Waals surface area contributed by atoms with E-state index >= 15 is 0 Å². The van der Waals surface area contributed by atoms with Gasteiger partial charge in [0.1, 0.15) is 18.1 Å². The third-order valence-electron chi connectivity index (χ3n) is 3.58. The van der Waals surface area contributed by atoms with Gasteiger partial charge in [-0.2, -0.15) is 5.10 Å². The number of ether oxygens (including phenoxy) is 1. The van der Waals surface area contributed by atoms with Crippen LogP contribution in [0.5, 0.6) is 5.75 Å². The monoisotopic (exact) mass is 346 g/mol. The van der Waals surface area contributed by atoms with E-state index in [0.717, 1.165) is 16.9 Å². The van der Waals surface area contributed by atoms with Gasteiger partial charge in [-0.05, 0) is 42.3 Å². The van der Waals surface area contributed by atoms with Gasteiger partial charge in [-0.1, -0.05) is 29.8 Å². The van der Waals surface area contributed by atoms with E-state index in [-0.39, 0.29) is 5.69 Å². The largest absolute Gasteiger partial charge is 0.489 e. The Balaban J connectivity index is 1.51. The topological polar surface area (TPSA) is 76.5 Å². The first-order valence-corrected chi connectivity index (χ1v) is 8.08. The van der Waals surface area contributed by atoms with E-state index in [1.54, 1.807) is 6.21 Å². The van der Waals surface area contributed by atoms with Crippen LogP contribution in [0, 0.1) is 6.92 Å². The lowest BCUT2D eigenvalue weighted by Crippen LogP contribution is -2.19. The zero-order chi connectivity index (χ0) is 18.2. The fourth-order valence-corrected chi connectivity index (χ4v) is 2.14. The molecule has 1 heterocycles. The number of hydrogen-bond donors (Lipinski definition) is 1. The second-order valence-corrected chi connectivity index (χ2v) is 5.63. The molecule has 0 radical (unpaired) electrons. The lowest BCUT2D eigenvalue weighted by Gasteiger charge is -2.06. The van der Waals surface area contributed by atoms with E-state index in [0.29, 0.717) is 6.61 Å². The van der Waals surface area contributed by atoms with Crippen LogP contribution in [0.15, 0.2) is 72.2 Å². The highest BCUT2D eigenvalue weighted by Gasteiger charge is 2.04. The third-order valence-corrected chi connectivity index (χ3v) is 3.58. The molecular weight excluding hydrogens is 328 g/mol. The highest BCUT2D eigenvalue weighted by atomic mass is 16.5. The molecule has 3 rings (SSSR count). The molecule has 0 saturated carbocycles. The Morgan fingerprint density at radius 2 is 1.88 bits per heavy atom. The van der Waals surface area contributed by atoms with Crippen molar-refractivity contribution in [2.24, 2.45) is 5.10 Å². The molecule has 2 aromatic carbocycles. The number of aromatic nitrogens is 2. The van der Waals surface area contributed by atoms with Crippen LogP contribution in [0.25, 0.3) is 0 Å². The maximum atomic E-state index is 11.8. The van der Waals surface area contributed by atoms with Gasteiger partial charge in [-0.3, -0.25) is 9.78 Å². The Morgan fingerprint density at radius 1 is 1.12 bits per heavy atom. The molecule has 0 fully saturated rings. The zero-order valence-electron chi connectivity index (χ0n) is 14.3. The molecule has 0 aliphatic rings. The van der Waals surface area contributed by atoms with Crippen LogP contribution in [0.1, 0.15) is 27.2 Å². The number of amides is 1. The van der Waals surface area contributed by atoms with Gasteiger partial charge >= 0.3 is 0 Å². The van der Waals surface area contributed by atoms with E-state index in [4.69, 9.17) is 4.74 Å². The molecule has 0 spiro atoms. The summed E-state index contributed by atoms with van der Waals surface area (Å²) in [6.07, 6.45) is 5.89. The van der Waals surface area contributed by atoms with E-state index < -0.39 is 5.91 Å². The van der Waals surface area contributed by atoms with Crippen molar-refractivity contribution in [1.29, 1.82) is 0 Å². The summed E-state index contributed by atoms with van der Waals surface area (Å²) < 4.78 is 5.76. The minimum atomic E-state index is -0.410. The number of carbonyl (C=O) groups excluding carboxylic acids is 1. The molecule has 0 bridgehead atoms. The quantitative estimate of drug-likeness (QED) is 0.549. The number of carbonyl (C=O) groups is 1. The Labute approximate surface area is 151 Å². The fourth-order valence-electron chi connectivity index (χ4n) is 2.14. The summed E-state index contributed by atoms with van der Waals surface area (Å²) in [6, 6.07) is 15.7. The van der Waals surface area contributed by atoms with Crippen molar-refractivity contribution in [2.45, 2.75) is 13.5 Å². The first kappa shape index (κ1) is 17.3. The van der Waals surface area contributed by atoms with Gasteiger partial charge in [0.15, 0.2) is 0 Å². The maximum Gasteiger partial charge on any atom is 0.291 e. The number of rotatable bonds is 6. The Kier molecular flexibility index (Phi) is 5.67. The summed E-state index contributed by atoms with van der Waals surface area (Å²) in [4.78, 5) is 19.5. The maximum absolute atomic E-state index is 11.8. The first-order valence-electron chi connectivity index (χ1n) is 8.08.